The molecule has 19 heavy (non-hydrogen) atoms. The Kier molecular flexibility index (Phi) is 3.65. The molecule has 1 aromatic rings. The van der Waals surface area contributed by atoms with Crippen LogP contribution in [0.15, 0.2) is 24.3 Å². The SMILES string of the molecule is CC1(C)CCCC1C(N)c1ccccc1C(F)(F)F. The molecule has 2 N–H and O–H groups in total. The van der Waals surface area contributed by atoms with E-state index >= 15 is 0 Å². The molecule has 1 fully saturated rings. The summed E-state index contributed by atoms with van der Waals surface area (Å²) in [5, 5.41) is 0. The highest BCUT2D eigenvalue weighted by atomic mass is 19.4. The molecule has 1 saturated carbocycles. The molecule has 1 nitrogen and oxygen atoms in total. The van der Waals surface area contributed by atoms with Crippen LogP contribution in [0.1, 0.15) is 50.3 Å². The number of nitrogens with two attached hydrogens (primary N) is 1. The summed E-state index contributed by atoms with van der Waals surface area (Å²) in [5.41, 5.74) is 5.82. The highest BCUT2D eigenvalue weighted by Crippen LogP contribution is 2.49. The van der Waals surface area contributed by atoms with Gasteiger partial charge in [0.2, 0.25) is 0 Å². The highest BCUT2D eigenvalue weighted by Gasteiger charge is 2.42. The Bertz CT molecular complexity index is 451. The van der Waals surface area contributed by atoms with E-state index in [-0.39, 0.29) is 16.9 Å². The molecule has 4 heteroatoms. The first-order valence-corrected chi connectivity index (χ1v) is 6.65. The zero-order chi connectivity index (χ0) is 14.3. The Morgan fingerprint density at radius 2 is 1.89 bits per heavy atom. The maximum Gasteiger partial charge on any atom is 0.416 e. The van der Waals surface area contributed by atoms with Crippen molar-refractivity contribution in [3.63, 3.8) is 0 Å². The molecule has 106 valence electrons. The number of alkyl halides is 3. The Balaban J connectivity index is 2.37. The van der Waals surface area contributed by atoms with Gasteiger partial charge in [-0.3, -0.25) is 0 Å². The summed E-state index contributed by atoms with van der Waals surface area (Å²) in [6, 6.07) is 5.14. The molecule has 1 aliphatic carbocycles. The lowest BCUT2D eigenvalue weighted by Gasteiger charge is -2.33. The van der Waals surface area contributed by atoms with Crippen LogP contribution in [0.2, 0.25) is 0 Å². The van der Waals surface area contributed by atoms with Crippen molar-refractivity contribution >= 4 is 0 Å². The lowest BCUT2D eigenvalue weighted by atomic mass is 9.75. The first kappa shape index (κ1) is 14.4. The van der Waals surface area contributed by atoms with Gasteiger partial charge in [0.15, 0.2) is 0 Å². The van der Waals surface area contributed by atoms with E-state index < -0.39 is 17.8 Å². The molecule has 0 spiro atoms. The van der Waals surface area contributed by atoms with Crippen LogP contribution in [-0.2, 0) is 6.18 Å². The monoisotopic (exact) mass is 271 g/mol. The van der Waals surface area contributed by atoms with Gasteiger partial charge in [-0.15, -0.1) is 0 Å². The fraction of sp³-hybridized carbons (Fsp3) is 0.600. The van der Waals surface area contributed by atoms with Gasteiger partial charge in [-0.05, 0) is 35.8 Å². The summed E-state index contributed by atoms with van der Waals surface area (Å²) in [6.07, 6.45) is -1.36. The second kappa shape index (κ2) is 4.82. The van der Waals surface area contributed by atoms with Crippen molar-refractivity contribution in [2.45, 2.75) is 45.3 Å². The second-order valence-corrected chi connectivity index (χ2v) is 6.10. The average molecular weight is 271 g/mol. The predicted octanol–water partition coefficient (Wildman–Crippen LogP) is 4.53. The van der Waals surface area contributed by atoms with E-state index in [0.717, 1.165) is 25.3 Å². The fourth-order valence-corrected chi connectivity index (χ4v) is 3.28. The first-order chi connectivity index (χ1) is 8.73. The number of hydrogen-bond donors (Lipinski definition) is 1. The Hall–Kier alpha value is -1.03. The standard InChI is InChI=1S/C15H20F3N/c1-14(2)9-5-8-12(14)13(19)10-6-3-4-7-11(10)15(16,17)18/h3-4,6-7,12-13H,5,8-9,19H2,1-2H3. The Morgan fingerprint density at radius 3 is 2.42 bits per heavy atom. The van der Waals surface area contributed by atoms with E-state index in [1.165, 1.54) is 12.1 Å². The minimum absolute atomic E-state index is 0.0120. The van der Waals surface area contributed by atoms with Crippen molar-refractivity contribution < 1.29 is 13.2 Å². The number of rotatable bonds is 2. The van der Waals surface area contributed by atoms with Gasteiger partial charge in [0.05, 0.1) is 5.56 Å². The van der Waals surface area contributed by atoms with Gasteiger partial charge >= 0.3 is 6.18 Å². The van der Waals surface area contributed by atoms with Crippen molar-refractivity contribution in [1.29, 1.82) is 0 Å². The molecule has 0 bridgehead atoms. The molecule has 2 unspecified atom stereocenters. The summed E-state index contributed by atoms with van der Waals surface area (Å²) < 4.78 is 39.1. The predicted molar refractivity (Wildman–Crippen MR) is 69.5 cm³/mol. The van der Waals surface area contributed by atoms with Crippen LogP contribution < -0.4 is 5.73 Å². The molecular weight excluding hydrogens is 251 g/mol. The molecule has 1 aromatic carbocycles. The third kappa shape index (κ3) is 2.78. The molecule has 0 amide bonds. The number of hydrogen-bond acceptors (Lipinski definition) is 1. The quantitative estimate of drug-likeness (QED) is 0.840. The molecule has 2 atom stereocenters. The Morgan fingerprint density at radius 1 is 1.26 bits per heavy atom. The van der Waals surface area contributed by atoms with Crippen molar-refractivity contribution in [1.82, 2.24) is 0 Å². The van der Waals surface area contributed by atoms with Crippen LogP contribution in [0, 0.1) is 11.3 Å². The van der Waals surface area contributed by atoms with Crippen LogP contribution in [0.3, 0.4) is 0 Å². The maximum absolute atomic E-state index is 13.0. The summed E-state index contributed by atoms with van der Waals surface area (Å²) in [6.45, 7) is 4.20. The van der Waals surface area contributed by atoms with Gasteiger partial charge in [-0.2, -0.15) is 13.2 Å². The third-order valence-corrected chi connectivity index (χ3v) is 4.40. The minimum atomic E-state index is -4.34. The minimum Gasteiger partial charge on any atom is -0.324 e. The topological polar surface area (TPSA) is 26.0 Å². The molecule has 0 aliphatic heterocycles. The van der Waals surface area contributed by atoms with E-state index in [0.29, 0.717) is 0 Å². The summed E-state index contributed by atoms with van der Waals surface area (Å²) >= 11 is 0. The zero-order valence-corrected chi connectivity index (χ0v) is 11.3. The van der Waals surface area contributed by atoms with Crippen molar-refractivity contribution in [2.75, 3.05) is 0 Å². The van der Waals surface area contributed by atoms with Crippen LogP contribution >= 0.6 is 0 Å². The Labute approximate surface area is 112 Å². The van der Waals surface area contributed by atoms with Gasteiger partial charge in [0.25, 0.3) is 0 Å². The fourth-order valence-electron chi connectivity index (χ4n) is 3.28. The van der Waals surface area contributed by atoms with Crippen LogP contribution in [-0.4, -0.2) is 0 Å². The zero-order valence-electron chi connectivity index (χ0n) is 11.3. The average Bonchev–Trinajstić information content (AvgIpc) is 2.67. The van der Waals surface area contributed by atoms with Crippen LogP contribution in [0.4, 0.5) is 13.2 Å². The molecular formula is C15H20F3N. The molecule has 1 aliphatic rings. The van der Waals surface area contributed by atoms with E-state index in [4.69, 9.17) is 5.73 Å². The molecule has 2 rings (SSSR count). The van der Waals surface area contributed by atoms with Gasteiger partial charge in [-0.1, -0.05) is 38.5 Å². The highest BCUT2D eigenvalue weighted by molar-refractivity contribution is 5.33. The van der Waals surface area contributed by atoms with Gasteiger partial charge in [-0.25, -0.2) is 0 Å². The van der Waals surface area contributed by atoms with E-state index in [9.17, 15) is 13.2 Å². The molecule has 0 radical (unpaired) electrons. The summed E-state index contributed by atoms with van der Waals surface area (Å²) in [7, 11) is 0. The number of halogens is 3. The van der Waals surface area contributed by atoms with Crippen molar-refractivity contribution in [3.8, 4) is 0 Å². The van der Waals surface area contributed by atoms with Crippen LogP contribution in [0.25, 0.3) is 0 Å². The van der Waals surface area contributed by atoms with Crippen LogP contribution in [0.5, 0.6) is 0 Å². The van der Waals surface area contributed by atoms with Gasteiger partial charge in [0, 0.05) is 6.04 Å². The largest absolute Gasteiger partial charge is 0.416 e. The lowest BCUT2D eigenvalue weighted by Crippen LogP contribution is -2.31. The maximum atomic E-state index is 13.0. The first-order valence-electron chi connectivity index (χ1n) is 6.65. The third-order valence-electron chi connectivity index (χ3n) is 4.40. The van der Waals surface area contributed by atoms with Gasteiger partial charge in [0.1, 0.15) is 0 Å². The summed E-state index contributed by atoms with van der Waals surface area (Å²) in [4.78, 5) is 0. The van der Waals surface area contributed by atoms with Crippen molar-refractivity contribution in [2.24, 2.45) is 17.1 Å². The van der Waals surface area contributed by atoms with Gasteiger partial charge < -0.3 is 5.73 Å². The smallest absolute Gasteiger partial charge is 0.324 e. The normalized spacial score (nSPS) is 24.4. The lowest BCUT2D eigenvalue weighted by molar-refractivity contribution is -0.138. The van der Waals surface area contributed by atoms with Crippen molar-refractivity contribution in [3.05, 3.63) is 35.4 Å². The molecule has 0 heterocycles. The molecule has 0 aromatic heterocycles. The summed E-state index contributed by atoms with van der Waals surface area (Å²) in [5.74, 6) is 0.107. The number of benzene rings is 1. The van der Waals surface area contributed by atoms with E-state index in [1.54, 1.807) is 6.07 Å². The molecule has 0 saturated heterocycles. The second-order valence-electron chi connectivity index (χ2n) is 6.10. The van der Waals surface area contributed by atoms with E-state index in [2.05, 4.69) is 13.8 Å². The van der Waals surface area contributed by atoms with E-state index in [1.807, 2.05) is 0 Å².